The van der Waals surface area contributed by atoms with Crippen molar-refractivity contribution in [3.63, 3.8) is 0 Å². The fraction of sp³-hybridized carbons (Fsp3) is 0.185. The van der Waals surface area contributed by atoms with Crippen LogP contribution in [0.25, 0.3) is 11.8 Å². The Balaban J connectivity index is 1.81. The van der Waals surface area contributed by atoms with Gasteiger partial charge in [0.2, 0.25) is 0 Å². The van der Waals surface area contributed by atoms with Gasteiger partial charge in [-0.25, -0.2) is 0 Å². The van der Waals surface area contributed by atoms with Crippen LogP contribution < -0.4 is 4.90 Å². The van der Waals surface area contributed by atoms with Crippen LogP contribution in [0, 0.1) is 22.7 Å². The van der Waals surface area contributed by atoms with Crippen molar-refractivity contribution in [2.75, 3.05) is 19.0 Å². The normalized spacial score (nSPS) is 16.6. The van der Waals surface area contributed by atoms with Crippen LogP contribution in [0.15, 0.2) is 88.7 Å². The second kappa shape index (κ2) is 8.78. The zero-order valence-corrected chi connectivity index (χ0v) is 17.7. The Morgan fingerprint density at radius 2 is 1.68 bits per heavy atom. The smallest absolute Gasteiger partial charge is 0.137 e. The fourth-order valence-corrected chi connectivity index (χ4v) is 3.94. The fourth-order valence-electron chi connectivity index (χ4n) is 3.94. The van der Waals surface area contributed by atoms with Gasteiger partial charge in [0.05, 0.1) is 0 Å². The Hall–Kier alpha value is -4.02. The Labute approximate surface area is 183 Å². The molecule has 1 heterocycles. The molecule has 0 bridgehead atoms. The molecule has 0 unspecified atom stereocenters. The van der Waals surface area contributed by atoms with E-state index in [1.165, 1.54) is 0 Å². The van der Waals surface area contributed by atoms with Gasteiger partial charge in [-0.2, -0.15) is 10.5 Å². The highest BCUT2D eigenvalue weighted by Gasteiger charge is 2.28. The minimum Gasteiger partial charge on any atom is -0.456 e. The standard InChI is InChI=1S/C27H23N3O/c1-30(2)23-13-11-19(12-14-23)15-21-9-6-10-24-25(22(17-28)18-29)16-26(31-27(21)24)20-7-4-3-5-8-20/h3-5,7-8,11-16H,6,9-10H2,1-2H3/b21-15+. The molecule has 1 aliphatic heterocycles. The third kappa shape index (κ3) is 4.15. The predicted molar refractivity (Wildman–Crippen MR) is 123 cm³/mol. The Kier molecular flexibility index (Phi) is 5.74. The molecule has 0 fully saturated rings. The van der Waals surface area contributed by atoms with Crippen LogP contribution >= 0.6 is 0 Å². The lowest BCUT2D eigenvalue weighted by Gasteiger charge is -2.29. The molecule has 4 heteroatoms. The molecule has 152 valence electrons. The second-order valence-electron chi connectivity index (χ2n) is 7.81. The number of hydrogen-bond donors (Lipinski definition) is 0. The first-order valence-electron chi connectivity index (χ1n) is 10.3. The maximum absolute atomic E-state index is 9.56. The van der Waals surface area contributed by atoms with E-state index in [1.54, 1.807) is 0 Å². The molecular weight excluding hydrogens is 382 g/mol. The summed E-state index contributed by atoms with van der Waals surface area (Å²) >= 11 is 0. The van der Waals surface area contributed by atoms with Gasteiger partial charge in [0.25, 0.3) is 0 Å². The summed E-state index contributed by atoms with van der Waals surface area (Å²) in [5.74, 6) is 1.44. The molecule has 0 atom stereocenters. The van der Waals surface area contributed by atoms with Crippen LogP contribution in [0.4, 0.5) is 5.69 Å². The molecule has 0 amide bonds. The second-order valence-corrected chi connectivity index (χ2v) is 7.81. The molecule has 4 rings (SSSR count). The molecule has 4 nitrogen and oxygen atoms in total. The van der Waals surface area contributed by atoms with Gasteiger partial charge in [0, 0.05) is 36.5 Å². The van der Waals surface area contributed by atoms with E-state index in [0.717, 1.165) is 53.0 Å². The first kappa shape index (κ1) is 20.3. The summed E-state index contributed by atoms with van der Waals surface area (Å²) in [7, 11) is 4.05. The van der Waals surface area contributed by atoms with Gasteiger partial charge in [-0.15, -0.1) is 0 Å². The number of ether oxygens (including phenoxy) is 1. The lowest BCUT2D eigenvalue weighted by atomic mass is 9.84. The lowest BCUT2D eigenvalue weighted by molar-refractivity contribution is 0.369. The summed E-state index contributed by atoms with van der Waals surface area (Å²) < 4.78 is 6.40. The molecule has 2 aliphatic rings. The average molecular weight is 406 g/mol. The Bertz CT molecular complexity index is 1180. The molecule has 2 aromatic carbocycles. The number of rotatable bonds is 3. The van der Waals surface area contributed by atoms with E-state index >= 15 is 0 Å². The van der Waals surface area contributed by atoms with E-state index in [2.05, 4.69) is 47.4 Å². The number of hydrogen-bond acceptors (Lipinski definition) is 4. The number of anilines is 1. The molecule has 0 saturated carbocycles. The number of nitrogens with zero attached hydrogens (tertiary/aromatic N) is 3. The Morgan fingerprint density at radius 3 is 2.32 bits per heavy atom. The summed E-state index contributed by atoms with van der Waals surface area (Å²) in [5.41, 5.74) is 6.00. The zero-order chi connectivity index (χ0) is 21.8. The van der Waals surface area contributed by atoms with Gasteiger partial charge in [-0.05, 0) is 54.7 Å². The molecule has 0 spiro atoms. The average Bonchev–Trinajstić information content (AvgIpc) is 2.81. The van der Waals surface area contributed by atoms with Crippen molar-refractivity contribution in [3.05, 3.63) is 99.9 Å². The first-order valence-corrected chi connectivity index (χ1v) is 10.3. The summed E-state index contributed by atoms with van der Waals surface area (Å²) in [6.45, 7) is 0. The largest absolute Gasteiger partial charge is 0.456 e. The van der Waals surface area contributed by atoms with Crippen molar-refractivity contribution in [1.29, 1.82) is 10.5 Å². The monoisotopic (exact) mass is 405 g/mol. The van der Waals surface area contributed by atoms with E-state index in [-0.39, 0.29) is 5.57 Å². The molecule has 2 aromatic rings. The predicted octanol–water partition coefficient (Wildman–Crippen LogP) is 5.99. The van der Waals surface area contributed by atoms with Gasteiger partial charge in [-0.3, -0.25) is 0 Å². The van der Waals surface area contributed by atoms with Crippen molar-refractivity contribution in [2.24, 2.45) is 0 Å². The number of benzene rings is 2. The van der Waals surface area contributed by atoms with Gasteiger partial charge in [-0.1, -0.05) is 42.5 Å². The highest BCUT2D eigenvalue weighted by Crippen LogP contribution is 2.43. The van der Waals surface area contributed by atoms with Crippen LogP contribution in [0.1, 0.15) is 30.4 Å². The molecule has 0 saturated heterocycles. The van der Waals surface area contributed by atoms with E-state index in [4.69, 9.17) is 4.74 Å². The maximum atomic E-state index is 9.56. The van der Waals surface area contributed by atoms with Crippen LogP contribution in [0.3, 0.4) is 0 Å². The van der Waals surface area contributed by atoms with Crippen LogP contribution in [0.5, 0.6) is 0 Å². The third-order valence-electron chi connectivity index (χ3n) is 5.55. The van der Waals surface area contributed by atoms with Crippen molar-refractivity contribution in [2.45, 2.75) is 19.3 Å². The summed E-state index contributed by atoms with van der Waals surface area (Å²) in [6.07, 6.45) is 6.61. The SMILES string of the molecule is CN(C)c1ccc(/C=C2\CCCC3=C2OC(c2ccccc2)=CC3=C(C#N)C#N)cc1. The van der Waals surface area contributed by atoms with Crippen molar-refractivity contribution in [3.8, 4) is 12.1 Å². The van der Waals surface area contributed by atoms with E-state index in [0.29, 0.717) is 11.3 Å². The number of allylic oxidation sites excluding steroid dienone is 5. The molecule has 1 aliphatic carbocycles. The molecular formula is C27H23N3O. The highest BCUT2D eigenvalue weighted by molar-refractivity contribution is 5.74. The summed E-state index contributed by atoms with van der Waals surface area (Å²) in [4.78, 5) is 2.07. The quantitative estimate of drug-likeness (QED) is 0.589. The third-order valence-corrected chi connectivity index (χ3v) is 5.55. The van der Waals surface area contributed by atoms with E-state index in [9.17, 15) is 10.5 Å². The Morgan fingerprint density at radius 1 is 0.968 bits per heavy atom. The molecule has 0 N–H and O–H groups in total. The van der Waals surface area contributed by atoms with Crippen molar-refractivity contribution >= 4 is 17.5 Å². The van der Waals surface area contributed by atoms with E-state index < -0.39 is 0 Å². The van der Waals surface area contributed by atoms with Crippen molar-refractivity contribution in [1.82, 2.24) is 0 Å². The van der Waals surface area contributed by atoms with E-state index in [1.807, 2.05) is 50.5 Å². The first-order chi connectivity index (χ1) is 15.1. The maximum Gasteiger partial charge on any atom is 0.137 e. The van der Waals surface area contributed by atoms with Crippen LogP contribution in [-0.4, -0.2) is 14.1 Å². The summed E-state index contributed by atoms with van der Waals surface area (Å²) in [5, 5.41) is 19.1. The summed E-state index contributed by atoms with van der Waals surface area (Å²) in [6, 6.07) is 22.3. The van der Waals surface area contributed by atoms with Gasteiger partial charge in [0.1, 0.15) is 29.2 Å². The molecule has 31 heavy (non-hydrogen) atoms. The lowest BCUT2D eigenvalue weighted by Crippen LogP contribution is -2.13. The molecule has 0 aromatic heterocycles. The van der Waals surface area contributed by atoms with Gasteiger partial charge >= 0.3 is 0 Å². The molecule has 0 radical (unpaired) electrons. The number of nitriles is 2. The highest BCUT2D eigenvalue weighted by atomic mass is 16.5. The van der Waals surface area contributed by atoms with Crippen LogP contribution in [-0.2, 0) is 4.74 Å². The van der Waals surface area contributed by atoms with Crippen LogP contribution in [0.2, 0.25) is 0 Å². The van der Waals surface area contributed by atoms with Crippen molar-refractivity contribution < 1.29 is 4.74 Å². The van der Waals surface area contributed by atoms with Gasteiger partial charge < -0.3 is 9.64 Å². The minimum atomic E-state index is 0.126. The van der Waals surface area contributed by atoms with Gasteiger partial charge in [0.15, 0.2) is 0 Å². The minimum absolute atomic E-state index is 0.126. The topological polar surface area (TPSA) is 60.0 Å². The zero-order valence-electron chi connectivity index (χ0n) is 17.7.